The van der Waals surface area contributed by atoms with Gasteiger partial charge in [0.1, 0.15) is 0 Å². The average molecular weight is 85.1 g/mol. The lowest BCUT2D eigenvalue weighted by Gasteiger charge is -1.72. The summed E-state index contributed by atoms with van der Waals surface area (Å²) in [7, 11) is 0. The van der Waals surface area contributed by atoms with Crippen molar-refractivity contribution < 1.29 is 4.79 Å². The van der Waals surface area contributed by atoms with E-state index in [2.05, 4.69) is 5.11 Å². The zero-order valence-corrected chi connectivity index (χ0v) is 3.43. The van der Waals surface area contributed by atoms with Crippen LogP contribution in [0.25, 0.3) is 0 Å². The maximum absolute atomic E-state index is 9.77. The Morgan fingerprint density at radius 2 is 2.50 bits per heavy atom. The highest BCUT2D eigenvalue weighted by Crippen LogP contribution is 1.75. The summed E-state index contributed by atoms with van der Waals surface area (Å²) in [4.78, 5) is 9.77. The number of nitrogens with zero attached hydrogens (tertiary/aromatic N) is 1. The van der Waals surface area contributed by atoms with Crippen molar-refractivity contribution >= 4 is 5.78 Å². The largest absolute Gasteiger partial charge is 0.297 e. The normalized spacial score (nSPS) is 7.50. The Morgan fingerprint density at radius 3 is 2.50 bits per heavy atom. The summed E-state index contributed by atoms with van der Waals surface area (Å²) in [5.74, 6) is -0.190. The van der Waals surface area contributed by atoms with Gasteiger partial charge in [0.15, 0.2) is 12.3 Å². The molecule has 33 valence electrons. The van der Waals surface area contributed by atoms with Crippen molar-refractivity contribution in [3.63, 3.8) is 0 Å². The van der Waals surface area contributed by atoms with E-state index in [1.54, 1.807) is 0 Å². The Balaban J connectivity index is 3.05. The number of ketones is 1. The van der Waals surface area contributed by atoms with E-state index >= 15 is 0 Å². The van der Waals surface area contributed by atoms with Crippen LogP contribution in [0.4, 0.5) is 0 Å². The third-order valence-electron chi connectivity index (χ3n) is 0.246. The van der Waals surface area contributed by atoms with E-state index in [0.29, 0.717) is 0 Å². The number of hydrogen-bond donors (Lipinski definition) is 1. The van der Waals surface area contributed by atoms with Gasteiger partial charge in [-0.25, -0.2) is 5.53 Å². The molecule has 1 radical (unpaired) electrons. The van der Waals surface area contributed by atoms with Crippen LogP contribution in [0.3, 0.4) is 0 Å². The van der Waals surface area contributed by atoms with Crippen molar-refractivity contribution in [2.45, 2.75) is 6.92 Å². The van der Waals surface area contributed by atoms with Gasteiger partial charge in [-0.15, -0.1) is 0 Å². The Bertz CT molecular complexity index is 69.2. The molecule has 3 nitrogen and oxygen atoms in total. The molecule has 0 aliphatic carbocycles. The minimum absolute atomic E-state index is 0.190. The molecule has 3 heteroatoms. The number of carbonyl (C=O) groups excluding carboxylic acids is 1. The van der Waals surface area contributed by atoms with Crippen LogP contribution in [0, 0.1) is 12.1 Å². The SMILES string of the molecule is CC(=O)[CH]N=N. The highest BCUT2D eigenvalue weighted by molar-refractivity contribution is 5.83. The number of rotatable bonds is 2. The minimum Gasteiger partial charge on any atom is -0.297 e. The van der Waals surface area contributed by atoms with Crippen molar-refractivity contribution in [1.29, 1.82) is 5.53 Å². The maximum Gasteiger partial charge on any atom is 0.159 e. The molecule has 1 N–H and O–H groups in total. The fraction of sp³-hybridized carbons (Fsp3) is 0.333. The van der Waals surface area contributed by atoms with Gasteiger partial charge in [-0.1, -0.05) is 0 Å². The molecule has 0 aliphatic heterocycles. The van der Waals surface area contributed by atoms with Crippen molar-refractivity contribution in [2.24, 2.45) is 5.11 Å². The van der Waals surface area contributed by atoms with Crippen molar-refractivity contribution in [3.8, 4) is 0 Å². The fourth-order valence-electron chi connectivity index (χ4n) is 0.0909. The number of carbonyl (C=O) groups is 1. The third-order valence-corrected chi connectivity index (χ3v) is 0.246. The van der Waals surface area contributed by atoms with Crippen molar-refractivity contribution in [1.82, 2.24) is 0 Å². The standard InChI is InChI=1S/C3H5N2O/c1-3(6)2-5-4/h2,4H,1H3. The highest BCUT2D eigenvalue weighted by atomic mass is 16.1. The lowest BCUT2D eigenvalue weighted by Crippen LogP contribution is -1.83. The predicted molar refractivity (Wildman–Crippen MR) is 20.1 cm³/mol. The summed E-state index contributed by atoms with van der Waals surface area (Å²) >= 11 is 0. The Morgan fingerprint density at radius 1 is 2.00 bits per heavy atom. The Labute approximate surface area is 35.9 Å². The average Bonchev–Trinajstić information content (AvgIpc) is 1.35. The van der Waals surface area contributed by atoms with Gasteiger partial charge in [-0.3, -0.25) is 4.79 Å². The molecule has 0 aromatic carbocycles. The second kappa shape index (κ2) is 2.50. The van der Waals surface area contributed by atoms with Crippen molar-refractivity contribution in [3.05, 3.63) is 6.54 Å². The van der Waals surface area contributed by atoms with Gasteiger partial charge in [-0.2, -0.15) is 5.11 Å². The van der Waals surface area contributed by atoms with Crippen LogP contribution in [0.1, 0.15) is 6.92 Å². The molecule has 0 aromatic rings. The van der Waals surface area contributed by atoms with E-state index in [0.717, 1.165) is 6.54 Å². The molecule has 0 spiro atoms. The van der Waals surface area contributed by atoms with Crippen LogP contribution in [0.15, 0.2) is 5.11 Å². The van der Waals surface area contributed by atoms with Crippen LogP contribution in [0.2, 0.25) is 0 Å². The minimum atomic E-state index is -0.190. The van der Waals surface area contributed by atoms with E-state index in [-0.39, 0.29) is 5.78 Å². The lowest BCUT2D eigenvalue weighted by molar-refractivity contribution is -0.114. The summed E-state index contributed by atoms with van der Waals surface area (Å²) in [5.41, 5.74) is 6.08. The first kappa shape index (κ1) is 5.27. The molecule has 6 heavy (non-hydrogen) atoms. The highest BCUT2D eigenvalue weighted by Gasteiger charge is 1.84. The zero-order chi connectivity index (χ0) is 4.99. The smallest absolute Gasteiger partial charge is 0.159 e. The summed E-state index contributed by atoms with van der Waals surface area (Å²) in [6.45, 7) is 2.29. The molecule has 0 aliphatic rings. The Kier molecular flexibility index (Phi) is 2.20. The van der Waals surface area contributed by atoms with Gasteiger partial charge in [0, 0.05) is 0 Å². The van der Waals surface area contributed by atoms with E-state index in [9.17, 15) is 4.79 Å². The number of Topliss-reactive ketones (excluding diaryl/α,β-unsaturated/α-hetero) is 1. The van der Waals surface area contributed by atoms with E-state index in [4.69, 9.17) is 5.53 Å². The second-order valence-electron chi connectivity index (χ2n) is 0.869. The molecule has 0 aromatic heterocycles. The molecule has 0 unspecified atom stereocenters. The molecule has 0 saturated carbocycles. The maximum atomic E-state index is 9.77. The first-order valence-corrected chi connectivity index (χ1v) is 1.47. The van der Waals surface area contributed by atoms with Crippen LogP contribution in [0.5, 0.6) is 0 Å². The summed E-state index contributed by atoms with van der Waals surface area (Å²) in [6, 6.07) is 0. The van der Waals surface area contributed by atoms with Gasteiger partial charge in [0.05, 0.1) is 0 Å². The molecule has 0 atom stereocenters. The molecule has 0 fully saturated rings. The lowest BCUT2D eigenvalue weighted by atomic mass is 10.5. The molecule has 0 rings (SSSR count). The summed E-state index contributed by atoms with van der Waals surface area (Å²) in [5, 5.41) is 2.71. The monoisotopic (exact) mass is 85.0 g/mol. The van der Waals surface area contributed by atoms with E-state index < -0.39 is 0 Å². The molecule has 0 amide bonds. The summed E-state index contributed by atoms with van der Waals surface area (Å²) in [6.07, 6.45) is 0. The van der Waals surface area contributed by atoms with Gasteiger partial charge >= 0.3 is 0 Å². The molecule has 0 heterocycles. The second-order valence-corrected chi connectivity index (χ2v) is 0.869. The van der Waals surface area contributed by atoms with Crippen LogP contribution in [-0.2, 0) is 4.79 Å². The molecular weight excluding hydrogens is 80.0 g/mol. The predicted octanol–water partition coefficient (Wildman–Crippen LogP) is 0.768. The first-order valence-electron chi connectivity index (χ1n) is 1.47. The quantitative estimate of drug-likeness (QED) is 0.494. The fourth-order valence-corrected chi connectivity index (χ4v) is 0.0909. The van der Waals surface area contributed by atoms with Crippen LogP contribution in [-0.4, -0.2) is 5.78 Å². The van der Waals surface area contributed by atoms with Gasteiger partial charge in [0.25, 0.3) is 0 Å². The van der Waals surface area contributed by atoms with Gasteiger partial charge in [-0.05, 0) is 6.92 Å². The van der Waals surface area contributed by atoms with E-state index in [1.807, 2.05) is 0 Å². The third kappa shape index (κ3) is 3.27. The van der Waals surface area contributed by atoms with Crippen molar-refractivity contribution in [2.75, 3.05) is 0 Å². The zero-order valence-electron chi connectivity index (χ0n) is 3.43. The molecule has 0 saturated heterocycles. The van der Waals surface area contributed by atoms with Crippen LogP contribution >= 0.6 is 0 Å². The topological polar surface area (TPSA) is 53.3 Å². The Hall–Kier alpha value is -0.730. The van der Waals surface area contributed by atoms with Gasteiger partial charge < -0.3 is 0 Å². The number of nitrogens with one attached hydrogen (secondary N) is 1. The first-order chi connectivity index (χ1) is 2.77. The number of hydrogen-bond acceptors (Lipinski definition) is 3. The van der Waals surface area contributed by atoms with E-state index in [1.165, 1.54) is 6.92 Å². The van der Waals surface area contributed by atoms with Crippen LogP contribution < -0.4 is 0 Å². The molecular formula is C3H5N2O. The molecule has 0 bridgehead atoms. The summed E-state index contributed by atoms with van der Waals surface area (Å²) < 4.78 is 0. The van der Waals surface area contributed by atoms with Gasteiger partial charge in [0.2, 0.25) is 0 Å².